The van der Waals surface area contributed by atoms with E-state index in [1.54, 1.807) is 28.9 Å². The molecule has 0 aromatic carbocycles. The third kappa shape index (κ3) is 3.81. The van der Waals surface area contributed by atoms with Gasteiger partial charge in [0.15, 0.2) is 5.65 Å². The van der Waals surface area contributed by atoms with Crippen molar-refractivity contribution in [2.24, 2.45) is 0 Å². The average Bonchev–Trinajstić information content (AvgIpc) is 3.45. The summed E-state index contributed by atoms with van der Waals surface area (Å²) in [7, 11) is 1.60. The lowest BCUT2D eigenvalue weighted by atomic mass is 10.1. The van der Waals surface area contributed by atoms with Crippen molar-refractivity contribution in [3.63, 3.8) is 0 Å². The van der Waals surface area contributed by atoms with Crippen molar-refractivity contribution < 1.29 is 14.3 Å². The van der Waals surface area contributed by atoms with Crippen LogP contribution in [0.3, 0.4) is 0 Å². The van der Waals surface area contributed by atoms with Crippen LogP contribution in [0.1, 0.15) is 13.3 Å². The summed E-state index contributed by atoms with van der Waals surface area (Å²) < 4.78 is 12.9. The average molecular weight is 438 g/mol. The molecular weight excluding hydrogens is 410 g/mol. The lowest BCUT2D eigenvalue weighted by Crippen LogP contribution is -2.51. The van der Waals surface area contributed by atoms with Gasteiger partial charge in [-0.2, -0.15) is 5.10 Å². The fourth-order valence-corrected chi connectivity index (χ4v) is 4.26. The maximum Gasteiger partial charge on any atom is 0.410 e. The molecule has 0 bridgehead atoms. The number of carbonyl (C=O) groups excluding carboxylic acids is 1. The van der Waals surface area contributed by atoms with Crippen molar-refractivity contribution in [2.75, 3.05) is 51.3 Å². The van der Waals surface area contributed by atoms with Crippen LogP contribution in [0.25, 0.3) is 16.8 Å². The van der Waals surface area contributed by atoms with E-state index in [1.165, 1.54) is 0 Å². The number of pyridine rings is 1. The number of methoxy groups -OCH3 is 1. The van der Waals surface area contributed by atoms with E-state index in [4.69, 9.17) is 14.5 Å². The number of piperazine rings is 1. The van der Waals surface area contributed by atoms with Gasteiger partial charge >= 0.3 is 6.09 Å². The molecule has 1 atom stereocenters. The molecule has 0 radical (unpaired) electrons. The number of amides is 1. The molecule has 1 unspecified atom stereocenters. The highest BCUT2D eigenvalue weighted by molar-refractivity contribution is 5.80. The normalized spacial score (nSPS) is 21.2. The van der Waals surface area contributed by atoms with Gasteiger partial charge in [0.1, 0.15) is 11.4 Å². The summed E-state index contributed by atoms with van der Waals surface area (Å²) >= 11 is 0. The van der Waals surface area contributed by atoms with E-state index in [-0.39, 0.29) is 6.09 Å². The first-order valence-electron chi connectivity index (χ1n) is 10.8. The molecule has 0 spiro atoms. The third-order valence-electron chi connectivity index (χ3n) is 6.13. The molecule has 3 aromatic rings. The Hall–Kier alpha value is -3.40. The molecule has 5 rings (SSSR count). The van der Waals surface area contributed by atoms with E-state index in [0.29, 0.717) is 38.6 Å². The van der Waals surface area contributed by atoms with Crippen LogP contribution < -0.4 is 15.0 Å². The van der Waals surface area contributed by atoms with Gasteiger partial charge in [0, 0.05) is 57.1 Å². The van der Waals surface area contributed by atoms with Crippen LogP contribution in [-0.2, 0) is 4.74 Å². The van der Waals surface area contributed by atoms with Gasteiger partial charge in [-0.05, 0) is 31.7 Å². The molecule has 3 aromatic heterocycles. The molecule has 1 amide bonds. The highest BCUT2D eigenvalue weighted by Gasteiger charge is 2.35. The predicted octanol–water partition coefficient (Wildman–Crippen LogP) is 1.81. The first kappa shape index (κ1) is 20.5. The van der Waals surface area contributed by atoms with Gasteiger partial charge in [-0.1, -0.05) is 0 Å². The van der Waals surface area contributed by atoms with Crippen LogP contribution in [0.2, 0.25) is 0 Å². The Kier molecular flexibility index (Phi) is 5.30. The summed E-state index contributed by atoms with van der Waals surface area (Å²) in [5, 5.41) is 7.68. The van der Waals surface area contributed by atoms with Crippen molar-refractivity contribution >= 4 is 17.6 Å². The number of rotatable bonds is 4. The van der Waals surface area contributed by atoms with E-state index < -0.39 is 5.60 Å². The molecule has 2 aliphatic rings. The maximum absolute atomic E-state index is 12.6. The monoisotopic (exact) mass is 437 g/mol. The van der Waals surface area contributed by atoms with Crippen LogP contribution in [0.15, 0.2) is 36.8 Å². The van der Waals surface area contributed by atoms with Gasteiger partial charge < -0.3 is 24.6 Å². The minimum atomic E-state index is -0.410. The molecule has 10 heteroatoms. The Morgan fingerprint density at radius 3 is 2.78 bits per heavy atom. The molecule has 0 saturated carbocycles. The Bertz CT molecular complexity index is 1120. The number of carbonyl (C=O) groups is 1. The van der Waals surface area contributed by atoms with Crippen molar-refractivity contribution in [3.8, 4) is 17.0 Å². The van der Waals surface area contributed by atoms with Crippen LogP contribution in [0, 0.1) is 0 Å². The van der Waals surface area contributed by atoms with Crippen molar-refractivity contribution in [3.05, 3.63) is 36.8 Å². The van der Waals surface area contributed by atoms with E-state index in [1.807, 2.05) is 31.3 Å². The molecule has 2 aliphatic heterocycles. The zero-order valence-electron chi connectivity index (χ0n) is 18.3. The number of nitrogens with one attached hydrogen (secondary N) is 1. The smallest absolute Gasteiger partial charge is 0.410 e. The van der Waals surface area contributed by atoms with Crippen LogP contribution in [0.4, 0.5) is 10.6 Å². The molecular formula is C22H27N7O3. The van der Waals surface area contributed by atoms with Crippen LogP contribution in [-0.4, -0.2) is 82.6 Å². The summed E-state index contributed by atoms with van der Waals surface area (Å²) in [6.07, 6.45) is 5.98. The van der Waals surface area contributed by atoms with Gasteiger partial charge in [-0.15, -0.1) is 0 Å². The molecule has 2 fully saturated rings. The highest BCUT2D eigenvalue weighted by atomic mass is 16.6. The molecule has 2 saturated heterocycles. The molecule has 32 heavy (non-hydrogen) atoms. The summed E-state index contributed by atoms with van der Waals surface area (Å²) in [6, 6.07) is 5.76. The van der Waals surface area contributed by atoms with E-state index in [0.717, 1.165) is 35.6 Å². The Morgan fingerprint density at radius 1 is 1.19 bits per heavy atom. The molecule has 1 N–H and O–H groups in total. The molecule has 5 heterocycles. The lowest BCUT2D eigenvalue weighted by Gasteiger charge is -2.36. The van der Waals surface area contributed by atoms with Crippen molar-refractivity contribution in [1.29, 1.82) is 0 Å². The van der Waals surface area contributed by atoms with E-state index in [2.05, 4.69) is 20.3 Å². The number of nitrogens with zero attached hydrogens (tertiary/aromatic N) is 6. The van der Waals surface area contributed by atoms with Gasteiger partial charge in [0.05, 0.1) is 18.9 Å². The maximum atomic E-state index is 12.6. The van der Waals surface area contributed by atoms with Crippen LogP contribution in [0.5, 0.6) is 5.88 Å². The fraction of sp³-hybridized carbons (Fsp3) is 0.455. The van der Waals surface area contributed by atoms with E-state index >= 15 is 0 Å². The second kappa shape index (κ2) is 8.27. The van der Waals surface area contributed by atoms with Gasteiger partial charge in [-0.3, -0.25) is 0 Å². The number of hydrogen-bond acceptors (Lipinski definition) is 8. The number of anilines is 1. The second-order valence-electron chi connectivity index (χ2n) is 8.39. The first-order valence-corrected chi connectivity index (χ1v) is 10.8. The summed E-state index contributed by atoms with van der Waals surface area (Å²) in [4.78, 5) is 25.7. The third-order valence-corrected chi connectivity index (χ3v) is 6.13. The largest absolute Gasteiger partial charge is 0.481 e. The number of fused-ring (bicyclic) bond motifs is 1. The van der Waals surface area contributed by atoms with E-state index in [9.17, 15) is 4.79 Å². The number of aromatic nitrogens is 4. The Balaban J connectivity index is 1.31. The highest BCUT2D eigenvalue weighted by Crippen LogP contribution is 2.31. The predicted molar refractivity (Wildman–Crippen MR) is 119 cm³/mol. The number of hydrogen-bond donors (Lipinski definition) is 1. The topological polar surface area (TPSA) is 97.1 Å². The standard InChI is InChI=1S/C22H27N7O3/c1-22(6-8-23-15-22)32-21(30)28-12-10-27(11-13-28)18-5-9-29-19(26-18)17(14-25-29)16-4-3-7-24-20(16)31-2/h3-5,7,9,14,23H,6,8,10-13,15H2,1-2H3. The quantitative estimate of drug-likeness (QED) is 0.660. The number of ether oxygens (including phenoxy) is 2. The first-order chi connectivity index (χ1) is 15.6. The lowest BCUT2D eigenvalue weighted by molar-refractivity contribution is 0.0136. The minimum absolute atomic E-state index is 0.235. The Morgan fingerprint density at radius 2 is 2.03 bits per heavy atom. The summed E-state index contributed by atoms with van der Waals surface area (Å²) in [5.41, 5.74) is 2.03. The molecule has 168 valence electrons. The zero-order chi connectivity index (χ0) is 22.1. The SMILES string of the molecule is COc1ncccc1-c1cnn2ccc(N3CCN(C(=O)OC4(C)CCNC4)CC3)nc12. The fourth-order valence-electron chi connectivity index (χ4n) is 4.26. The van der Waals surface area contributed by atoms with Gasteiger partial charge in [0.2, 0.25) is 5.88 Å². The zero-order valence-corrected chi connectivity index (χ0v) is 18.3. The second-order valence-corrected chi connectivity index (χ2v) is 8.39. The molecule has 0 aliphatic carbocycles. The van der Waals surface area contributed by atoms with Crippen LogP contribution >= 0.6 is 0 Å². The minimum Gasteiger partial charge on any atom is -0.481 e. The summed E-state index contributed by atoms with van der Waals surface area (Å²) in [5.74, 6) is 1.38. The van der Waals surface area contributed by atoms with Crippen molar-refractivity contribution in [2.45, 2.75) is 18.9 Å². The summed E-state index contributed by atoms with van der Waals surface area (Å²) in [6.45, 7) is 6.14. The molecule has 10 nitrogen and oxygen atoms in total. The van der Waals surface area contributed by atoms with Crippen molar-refractivity contribution in [1.82, 2.24) is 29.8 Å². The van der Waals surface area contributed by atoms with Gasteiger partial charge in [0.25, 0.3) is 0 Å². The van der Waals surface area contributed by atoms with Gasteiger partial charge in [-0.25, -0.2) is 19.3 Å². The Labute approximate surface area is 186 Å².